The van der Waals surface area contributed by atoms with Crippen LogP contribution in [-0.4, -0.2) is 32.7 Å². The van der Waals surface area contributed by atoms with E-state index in [0.29, 0.717) is 18.1 Å². The van der Waals surface area contributed by atoms with E-state index >= 15 is 0 Å². The third kappa shape index (κ3) is 4.24. The summed E-state index contributed by atoms with van der Waals surface area (Å²) in [5.74, 6) is 0.407. The molecule has 1 aromatic carbocycles. The average molecular weight is 264 g/mol. The van der Waals surface area contributed by atoms with E-state index in [-0.39, 0.29) is 11.9 Å². The third-order valence-corrected chi connectivity index (χ3v) is 3.21. The number of ether oxygens (including phenoxy) is 1. The Hall–Kier alpha value is -1.55. The Bertz CT molecular complexity index is 430. The van der Waals surface area contributed by atoms with Gasteiger partial charge in [-0.3, -0.25) is 4.79 Å². The van der Waals surface area contributed by atoms with Crippen LogP contribution in [0.3, 0.4) is 0 Å². The van der Waals surface area contributed by atoms with Crippen molar-refractivity contribution in [2.45, 2.75) is 26.8 Å². The van der Waals surface area contributed by atoms with Crippen molar-refractivity contribution in [3.8, 4) is 0 Å². The summed E-state index contributed by atoms with van der Waals surface area (Å²) in [6.45, 7) is 6.98. The first-order valence-corrected chi connectivity index (χ1v) is 6.57. The second-order valence-electron chi connectivity index (χ2n) is 5.06. The van der Waals surface area contributed by atoms with E-state index in [1.54, 1.807) is 14.2 Å². The maximum atomic E-state index is 11.6. The number of carbonyl (C=O) groups is 1. The summed E-state index contributed by atoms with van der Waals surface area (Å²) >= 11 is 0. The van der Waals surface area contributed by atoms with Gasteiger partial charge in [0, 0.05) is 25.4 Å². The molecule has 0 spiro atoms. The van der Waals surface area contributed by atoms with Gasteiger partial charge in [-0.05, 0) is 36.6 Å². The monoisotopic (exact) mass is 264 g/mol. The Kier molecular flexibility index (Phi) is 5.83. The molecule has 4 heteroatoms. The molecule has 0 radical (unpaired) electrons. The molecule has 0 aliphatic carbocycles. The summed E-state index contributed by atoms with van der Waals surface area (Å²) in [6.07, 6.45) is 0. The summed E-state index contributed by atoms with van der Waals surface area (Å²) in [5, 5.41) is 6.10. The highest BCUT2D eigenvalue weighted by Crippen LogP contribution is 2.19. The molecule has 1 aromatic rings. The number of aryl methyl sites for hydroxylation is 1. The van der Waals surface area contributed by atoms with Crippen molar-refractivity contribution in [1.29, 1.82) is 0 Å². The predicted octanol–water partition coefficient (Wildman–Crippen LogP) is 2.44. The second kappa shape index (κ2) is 7.14. The van der Waals surface area contributed by atoms with Gasteiger partial charge in [-0.2, -0.15) is 0 Å². The van der Waals surface area contributed by atoms with Crippen molar-refractivity contribution < 1.29 is 9.53 Å². The van der Waals surface area contributed by atoms with Crippen molar-refractivity contribution in [3.05, 3.63) is 29.3 Å². The fourth-order valence-corrected chi connectivity index (χ4v) is 1.89. The van der Waals surface area contributed by atoms with Gasteiger partial charge in [0.15, 0.2) is 0 Å². The van der Waals surface area contributed by atoms with Gasteiger partial charge in [-0.15, -0.1) is 0 Å². The van der Waals surface area contributed by atoms with Crippen LogP contribution in [0.5, 0.6) is 0 Å². The molecular formula is C15H24N2O2. The van der Waals surface area contributed by atoms with Crippen molar-refractivity contribution in [2.75, 3.05) is 26.1 Å². The van der Waals surface area contributed by atoms with Gasteiger partial charge in [-0.25, -0.2) is 0 Å². The molecule has 0 saturated heterocycles. The largest absolute Gasteiger partial charge is 0.383 e. The molecule has 106 valence electrons. The van der Waals surface area contributed by atoms with Gasteiger partial charge >= 0.3 is 0 Å². The number of nitrogens with one attached hydrogen (secondary N) is 2. The van der Waals surface area contributed by atoms with Crippen LogP contribution >= 0.6 is 0 Å². The number of hydrogen-bond donors (Lipinski definition) is 2. The summed E-state index contributed by atoms with van der Waals surface area (Å²) in [4.78, 5) is 11.6. The quantitative estimate of drug-likeness (QED) is 0.829. The van der Waals surface area contributed by atoms with E-state index in [9.17, 15) is 4.79 Å². The standard InChI is InChI=1S/C15H24N2O2/c1-10(2)14(9-19-5)17-13-7-6-12(8-11(13)3)15(18)16-4/h6-8,10,14,17H,9H2,1-5H3,(H,16,18). The Labute approximate surface area is 115 Å². The van der Waals surface area contributed by atoms with Gasteiger partial charge < -0.3 is 15.4 Å². The molecule has 1 amide bonds. The van der Waals surface area contributed by atoms with Crippen LogP contribution < -0.4 is 10.6 Å². The maximum Gasteiger partial charge on any atom is 0.251 e. The summed E-state index contributed by atoms with van der Waals surface area (Å²) in [6, 6.07) is 5.93. The van der Waals surface area contributed by atoms with Gasteiger partial charge in [0.2, 0.25) is 0 Å². The summed E-state index contributed by atoms with van der Waals surface area (Å²) < 4.78 is 5.23. The Balaban J connectivity index is 2.87. The lowest BCUT2D eigenvalue weighted by atomic mass is 10.0. The van der Waals surface area contributed by atoms with Gasteiger partial charge in [0.25, 0.3) is 5.91 Å². The molecule has 19 heavy (non-hydrogen) atoms. The SMILES string of the molecule is CNC(=O)c1ccc(NC(COC)C(C)C)c(C)c1. The van der Waals surface area contributed by atoms with E-state index in [2.05, 4.69) is 24.5 Å². The number of rotatable bonds is 6. The zero-order chi connectivity index (χ0) is 14.4. The predicted molar refractivity (Wildman–Crippen MR) is 78.7 cm³/mol. The molecule has 0 heterocycles. The van der Waals surface area contributed by atoms with Crippen LogP contribution in [0, 0.1) is 12.8 Å². The number of amides is 1. The minimum atomic E-state index is -0.0630. The number of carbonyl (C=O) groups excluding carboxylic acids is 1. The van der Waals surface area contributed by atoms with Crippen LogP contribution in [0.2, 0.25) is 0 Å². The van der Waals surface area contributed by atoms with E-state index in [4.69, 9.17) is 4.74 Å². The maximum absolute atomic E-state index is 11.6. The van der Waals surface area contributed by atoms with Crippen LogP contribution in [-0.2, 0) is 4.74 Å². The molecule has 0 bridgehead atoms. The fourth-order valence-electron chi connectivity index (χ4n) is 1.89. The molecule has 0 saturated carbocycles. The lowest BCUT2D eigenvalue weighted by Crippen LogP contribution is -2.30. The van der Waals surface area contributed by atoms with Crippen molar-refractivity contribution in [1.82, 2.24) is 5.32 Å². The van der Waals surface area contributed by atoms with Gasteiger partial charge in [0.05, 0.1) is 12.6 Å². The molecule has 1 unspecified atom stereocenters. The molecule has 2 N–H and O–H groups in total. The van der Waals surface area contributed by atoms with Crippen LogP contribution in [0.15, 0.2) is 18.2 Å². The number of benzene rings is 1. The third-order valence-electron chi connectivity index (χ3n) is 3.21. The first-order valence-electron chi connectivity index (χ1n) is 6.57. The smallest absolute Gasteiger partial charge is 0.251 e. The molecule has 1 atom stereocenters. The topological polar surface area (TPSA) is 50.4 Å². The van der Waals surface area contributed by atoms with Crippen molar-refractivity contribution in [3.63, 3.8) is 0 Å². The Morgan fingerprint density at radius 1 is 1.37 bits per heavy atom. The molecule has 1 rings (SSSR count). The van der Waals surface area contributed by atoms with Crippen LogP contribution in [0.1, 0.15) is 29.8 Å². The van der Waals surface area contributed by atoms with E-state index in [1.165, 1.54) is 0 Å². The minimum Gasteiger partial charge on any atom is -0.383 e. The fraction of sp³-hybridized carbons (Fsp3) is 0.533. The average Bonchev–Trinajstić information content (AvgIpc) is 2.39. The van der Waals surface area contributed by atoms with Crippen LogP contribution in [0.25, 0.3) is 0 Å². The molecule has 0 aromatic heterocycles. The van der Waals surface area contributed by atoms with Crippen LogP contribution in [0.4, 0.5) is 5.69 Å². The summed E-state index contributed by atoms with van der Waals surface area (Å²) in [7, 11) is 3.34. The molecule has 0 aliphatic heterocycles. The highest BCUT2D eigenvalue weighted by molar-refractivity contribution is 5.94. The van der Waals surface area contributed by atoms with Crippen molar-refractivity contribution in [2.24, 2.45) is 5.92 Å². The number of methoxy groups -OCH3 is 1. The zero-order valence-corrected chi connectivity index (χ0v) is 12.4. The lowest BCUT2D eigenvalue weighted by molar-refractivity contribution is 0.0963. The number of anilines is 1. The highest BCUT2D eigenvalue weighted by atomic mass is 16.5. The zero-order valence-electron chi connectivity index (χ0n) is 12.4. The van der Waals surface area contributed by atoms with Crippen molar-refractivity contribution >= 4 is 11.6 Å². The Morgan fingerprint density at radius 3 is 2.53 bits per heavy atom. The molecule has 4 nitrogen and oxygen atoms in total. The second-order valence-corrected chi connectivity index (χ2v) is 5.06. The first-order chi connectivity index (χ1) is 8.99. The lowest BCUT2D eigenvalue weighted by Gasteiger charge is -2.24. The van der Waals surface area contributed by atoms with E-state index in [0.717, 1.165) is 11.3 Å². The Morgan fingerprint density at radius 2 is 2.05 bits per heavy atom. The minimum absolute atomic E-state index is 0.0630. The normalized spacial score (nSPS) is 12.3. The number of hydrogen-bond acceptors (Lipinski definition) is 3. The van der Waals surface area contributed by atoms with Gasteiger partial charge in [-0.1, -0.05) is 13.8 Å². The summed E-state index contributed by atoms with van der Waals surface area (Å²) in [5.41, 5.74) is 2.78. The first kappa shape index (κ1) is 15.5. The van der Waals surface area contributed by atoms with E-state index < -0.39 is 0 Å². The molecule has 0 aliphatic rings. The van der Waals surface area contributed by atoms with E-state index in [1.807, 2.05) is 25.1 Å². The molecular weight excluding hydrogens is 240 g/mol. The highest BCUT2D eigenvalue weighted by Gasteiger charge is 2.14. The van der Waals surface area contributed by atoms with Gasteiger partial charge in [0.1, 0.15) is 0 Å². The molecule has 0 fully saturated rings.